The van der Waals surface area contributed by atoms with Gasteiger partial charge in [-0.05, 0) is 84.7 Å². The van der Waals surface area contributed by atoms with Crippen LogP contribution in [0.15, 0.2) is 71.6 Å². The summed E-state index contributed by atoms with van der Waals surface area (Å²) in [5.74, 6) is -3.95. The van der Waals surface area contributed by atoms with E-state index in [2.05, 4.69) is 4.72 Å². The van der Waals surface area contributed by atoms with Gasteiger partial charge in [-0.15, -0.1) is 0 Å². The number of ether oxygens (including phenoxy) is 2. The van der Waals surface area contributed by atoms with Crippen molar-refractivity contribution < 1.29 is 31.5 Å². The Morgan fingerprint density at radius 3 is 2.26 bits per heavy atom. The molecular weight excluding hydrogens is 648 g/mol. The molecule has 0 spiro atoms. The number of carbonyl (C=O) groups excluding carboxylic acids is 1. The molecule has 254 valence electrons. The van der Waals surface area contributed by atoms with Crippen molar-refractivity contribution >= 4 is 27.5 Å². The number of nitrogens with zero attached hydrogens (tertiary/aromatic N) is 1. The third-order valence-electron chi connectivity index (χ3n) is 9.03. The molecule has 3 aromatic carbocycles. The van der Waals surface area contributed by atoms with Gasteiger partial charge in [0.25, 0.3) is 5.92 Å². The van der Waals surface area contributed by atoms with Crippen molar-refractivity contribution in [3.05, 3.63) is 82.9 Å². The maximum absolute atomic E-state index is 16.4. The van der Waals surface area contributed by atoms with Gasteiger partial charge in [0, 0.05) is 36.8 Å². The maximum atomic E-state index is 16.4. The van der Waals surface area contributed by atoms with Crippen molar-refractivity contribution in [1.82, 2.24) is 9.62 Å². The standard InChI is InChI=1S/C35H42ClF2N3O5S/c1-45-23-27-21-26(9-16-32(27)36)25-7-10-28(11-8-25)35(37,38)33(34(42)41-19-17-29(39)18-20-41)40-47(43,44)31-14-12-30(13-15-31)46-22-24-5-3-2-4-6-24/h7-16,21,24,29,33,40H,2-6,17-20,22-23,39H2,1H3/t33-/m1/s1. The zero-order chi connectivity index (χ0) is 33.6. The lowest BCUT2D eigenvalue weighted by Gasteiger charge is -2.35. The SMILES string of the molecule is COCc1cc(-c2ccc(C(F)(F)[C@H](NS(=O)(=O)c3ccc(OCC4CCCCC4)cc3)C(=O)N3CCC(N)CC3)cc2)ccc1Cl. The molecule has 1 heterocycles. The van der Waals surface area contributed by atoms with Gasteiger partial charge < -0.3 is 20.1 Å². The largest absolute Gasteiger partial charge is 0.493 e. The third-order valence-corrected chi connectivity index (χ3v) is 10.8. The minimum absolute atomic E-state index is 0.153. The molecule has 0 aromatic heterocycles. The Kier molecular flexibility index (Phi) is 11.6. The predicted molar refractivity (Wildman–Crippen MR) is 178 cm³/mol. The highest BCUT2D eigenvalue weighted by atomic mass is 35.5. The average Bonchev–Trinajstić information content (AvgIpc) is 3.08. The second-order valence-corrected chi connectivity index (χ2v) is 14.6. The number of hydrogen-bond donors (Lipinski definition) is 2. The number of amides is 1. The fourth-order valence-corrected chi connectivity index (χ4v) is 7.52. The van der Waals surface area contributed by atoms with E-state index in [1.807, 2.05) is 6.07 Å². The number of sulfonamides is 1. The van der Waals surface area contributed by atoms with Crippen LogP contribution in [0.4, 0.5) is 8.78 Å². The van der Waals surface area contributed by atoms with Crippen molar-refractivity contribution in [2.75, 3.05) is 26.8 Å². The summed E-state index contributed by atoms with van der Waals surface area (Å²) < 4.78 is 73.0. The Bertz CT molecular complexity index is 1610. The summed E-state index contributed by atoms with van der Waals surface area (Å²) in [5.41, 5.74) is 7.59. The molecule has 3 aromatic rings. The van der Waals surface area contributed by atoms with Gasteiger partial charge in [0.05, 0.1) is 18.1 Å². The minimum atomic E-state index is -4.54. The molecule has 1 saturated heterocycles. The van der Waals surface area contributed by atoms with E-state index in [-0.39, 0.29) is 30.6 Å². The zero-order valence-electron chi connectivity index (χ0n) is 26.5. The summed E-state index contributed by atoms with van der Waals surface area (Å²) >= 11 is 6.25. The van der Waals surface area contributed by atoms with E-state index in [0.717, 1.165) is 24.0 Å². The Morgan fingerprint density at radius 2 is 1.62 bits per heavy atom. The van der Waals surface area contributed by atoms with Crippen LogP contribution in [0.2, 0.25) is 5.02 Å². The average molecular weight is 690 g/mol. The van der Waals surface area contributed by atoms with E-state index >= 15 is 8.78 Å². The lowest BCUT2D eigenvalue weighted by Crippen LogP contribution is -2.57. The first-order valence-electron chi connectivity index (χ1n) is 16.0. The molecule has 1 aliphatic carbocycles. The molecule has 8 nitrogen and oxygen atoms in total. The number of halogens is 3. The number of carbonyl (C=O) groups is 1. The summed E-state index contributed by atoms with van der Waals surface area (Å²) in [4.78, 5) is 14.7. The lowest BCUT2D eigenvalue weighted by atomic mass is 9.90. The van der Waals surface area contributed by atoms with Crippen LogP contribution in [0.5, 0.6) is 5.75 Å². The van der Waals surface area contributed by atoms with Crippen LogP contribution >= 0.6 is 11.6 Å². The number of nitrogens with one attached hydrogen (secondary N) is 1. The first-order valence-corrected chi connectivity index (χ1v) is 17.9. The van der Waals surface area contributed by atoms with E-state index < -0.39 is 33.5 Å². The third kappa shape index (κ3) is 8.69. The second kappa shape index (κ2) is 15.4. The number of hydrogen-bond acceptors (Lipinski definition) is 6. The van der Waals surface area contributed by atoms with Crippen LogP contribution < -0.4 is 15.2 Å². The van der Waals surface area contributed by atoms with Crippen LogP contribution in [0, 0.1) is 5.92 Å². The molecule has 2 fully saturated rings. The van der Waals surface area contributed by atoms with Crippen LogP contribution in [-0.4, -0.2) is 58.1 Å². The quantitative estimate of drug-likeness (QED) is 0.225. The fraction of sp³-hybridized carbons (Fsp3) is 0.457. The van der Waals surface area contributed by atoms with Gasteiger partial charge in [-0.25, -0.2) is 8.42 Å². The number of methoxy groups -OCH3 is 1. The monoisotopic (exact) mass is 689 g/mol. The fourth-order valence-electron chi connectivity index (χ4n) is 6.16. The number of nitrogens with two attached hydrogens (primary N) is 1. The number of rotatable bonds is 12. The van der Waals surface area contributed by atoms with E-state index in [1.165, 1.54) is 72.7 Å². The van der Waals surface area contributed by atoms with E-state index in [1.54, 1.807) is 19.2 Å². The predicted octanol–water partition coefficient (Wildman–Crippen LogP) is 6.50. The van der Waals surface area contributed by atoms with Crippen molar-refractivity contribution in [2.45, 2.75) is 74.5 Å². The van der Waals surface area contributed by atoms with Gasteiger partial charge in [-0.3, -0.25) is 4.79 Å². The molecule has 1 amide bonds. The first-order chi connectivity index (χ1) is 22.5. The van der Waals surface area contributed by atoms with Crippen LogP contribution in [0.25, 0.3) is 11.1 Å². The molecule has 47 heavy (non-hydrogen) atoms. The highest BCUT2D eigenvalue weighted by Gasteiger charge is 2.50. The Morgan fingerprint density at radius 1 is 0.979 bits per heavy atom. The Labute approximate surface area is 280 Å². The van der Waals surface area contributed by atoms with Gasteiger partial charge in [0.2, 0.25) is 15.9 Å². The topological polar surface area (TPSA) is 111 Å². The minimum Gasteiger partial charge on any atom is -0.493 e. The molecule has 0 bridgehead atoms. The Hall–Kier alpha value is -3.09. The maximum Gasteiger partial charge on any atom is 0.298 e. The van der Waals surface area contributed by atoms with E-state index in [0.29, 0.717) is 41.7 Å². The zero-order valence-corrected chi connectivity index (χ0v) is 28.0. The summed E-state index contributed by atoms with van der Waals surface area (Å²) in [6, 6.07) is 13.8. The molecule has 1 aliphatic heterocycles. The van der Waals surface area contributed by atoms with Crippen LogP contribution in [0.1, 0.15) is 56.1 Å². The molecular formula is C35H42ClF2N3O5S. The molecule has 12 heteroatoms. The molecule has 1 atom stereocenters. The number of alkyl halides is 2. The number of benzene rings is 3. The second-order valence-electron chi connectivity index (χ2n) is 12.4. The normalized spacial score (nSPS) is 17.4. The summed E-state index contributed by atoms with van der Waals surface area (Å²) in [6.07, 6.45) is 6.64. The van der Waals surface area contributed by atoms with Crippen LogP contribution in [-0.2, 0) is 32.1 Å². The Balaban J connectivity index is 1.38. The van der Waals surface area contributed by atoms with Gasteiger partial charge in [0.1, 0.15) is 5.75 Å². The molecule has 1 saturated carbocycles. The summed E-state index contributed by atoms with van der Waals surface area (Å²) in [7, 11) is -3.00. The number of likely N-dealkylation sites (tertiary alicyclic amines) is 1. The number of piperidine rings is 1. The molecule has 0 unspecified atom stereocenters. The van der Waals surface area contributed by atoms with E-state index in [4.69, 9.17) is 26.8 Å². The van der Waals surface area contributed by atoms with Gasteiger partial charge in [-0.2, -0.15) is 13.5 Å². The first kappa shape index (κ1) is 35.2. The van der Waals surface area contributed by atoms with Crippen molar-refractivity contribution in [3.63, 3.8) is 0 Å². The van der Waals surface area contributed by atoms with Gasteiger partial charge in [0.15, 0.2) is 6.04 Å². The van der Waals surface area contributed by atoms with Crippen molar-refractivity contribution in [2.24, 2.45) is 11.7 Å². The lowest BCUT2D eigenvalue weighted by molar-refractivity contribution is -0.145. The molecule has 3 N–H and O–H groups in total. The van der Waals surface area contributed by atoms with Gasteiger partial charge in [-0.1, -0.05) is 61.2 Å². The molecule has 2 aliphatic rings. The van der Waals surface area contributed by atoms with E-state index in [9.17, 15) is 13.2 Å². The van der Waals surface area contributed by atoms with Gasteiger partial charge >= 0.3 is 0 Å². The van der Waals surface area contributed by atoms with Crippen molar-refractivity contribution in [1.29, 1.82) is 0 Å². The van der Waals surface area contributed by atoms with Crippen molar-refractivity contribution in [3.8, 4) is 16.9 Å². The highest BCUT2D eigenvalue weighted by Crippen LogP contribution is 2.36. The molecule has 0 radical (unpaired) electrons. The highest BCUT2D eigenvalue weighted by molar-refractivity contribution is 7.89. The summed E-state index contributed by atoms with van der Waals surface area (Å²) in [6.45, 7) is 1.13. The van der Waals surface area contributed by atoms with Crippen LogP contribution in [0.3, 0.4) is 0 Å². The summed E-state index contributed by atoms with van der Waals surface area (Å²) in [5, 5.41) is 0.521. The smallest absolute Gasteiger partial charge is 0.298 e. The molecule has 5 rings (SSSR count).